The predicted molar refractivity (Wildman–Crippen MR) is 111 cm³/mol. The molecule has 1 aliphatic carbocycles. The molecular formula is C21H19N3O10. The van der Waals surface area contributed by atoms with Gasteiger partial charge >= 0.3 is 0 Å². The average Bonchev–Trinajstić information content (AvgIpc) is 3.29. The lowest BCUT2D eigenvalue weighted by Crippen LogP contribution is -2.69. The van der Waals surface area contributed by atoms with Crippen LogP contribution < -0.4 is 20.1 Å². The summed E-state index contributed by atoms with van der Waals surface area (Å²) in [6.07, 6.45) is -5.02. The van der Waals surface area contributed by atoms with Gasteiger partial charge < -0.3 is 40.5 Å². The van der Waals surface area contributed by atoms with Crippen LogP contribution in [0.3, 0.4) is 0 Å². The van der Waals surface area contributed by atoms with Crippen LogP contribution in [0.25, 0.3) is 0 Å². The third kappa shape index (κ3) is 3.21. The van der Waals surface area contributed by atoms with Crippen LogP contribution in [-0.4, -0.2) is 74.4 Å². The summed E-state index contributed by atoms with van der Waals surface area (Å²) in [6, 6.07) is 3.91. The summed E-state index contributed by atoms with van der Waals surface area (Å²) in [5, 5.41) is 58.5. The van der Waals surface area contributed by atoms with Gasteiger partial charge in [-0.15, -0.1) is 0 Å². The molecule has 0 saturated heterocycles. The first-order valence-corrected chi connectivity index (χ1v) is 10.2. The molecule has 2 amide bonds. The summed E-state index contributed by atoms with van der Waals surface area (Å²) in [7, 11) is 0. The molecule has 178 valence electrons. The van der Waals surface area contributed by atoms with E-state index in [-0.39, 0.29) is 40.7 Å². The number of aromatic hydroxyl groups is 1. The van der Waals surface area contributed by atoms with Crippen LogP contribution in [0.2, 0.25) is 0 Å². The molecule has 3 aliphatic rings. The number of carbonyl (C=O) groups is 2. The molecule has 2 aliphatic heterocycles. The van der Waals surface area contributed by atoms with Crippen LogP contribution in [0.15, 0.2) is 30.3 Å². The number of nitrogens with zero attached hydrogens (tertiary/aromatic N) is 1. The van der Waals surface area contributed by atoms with E-state index in [1.807, 2.05) is 0 Å². The molecule has 0 bridgehead atoms. The highest BCUT2D eigenvalue weighted by Gasteiger charge is 2.54. The number of phenols is 1. The van der Waals surface area contributed by atoms with Gasteiger partial charge in [-0.05, 0) is 17.7 Å². The first-order chi connectivity index (χ1) is 16.2. The maximum atomic E-state index is 13.0. The minimum atomic E-state index is -1.74. The quantitative estimate of drug-likeness (QED) is 0.240. The first kappa shape index (κ1) is 21.9. The fraction of sp³-hybridized carbons (Fsp3) is 0.333. The number of nitrogens with one attached hydrogen (secondary N) is 2. The summed E-state index contributed by atoms with van der Waals surface area (Å²) in [5.74, 6) is -2.97. The molecular weight excluding hydrogens is 454 g/mol. The Balaban J connectivity index is 1.58. The van der Waals surface area contributed by atoms with Crippen molar-refractivity contribution in [2.45, 2.75) is 36.3 Å². The van der Waals surface area contributed by atoms with E-state index < -0.39 is 58.8 Å². The summed E-state index contributed by atoms with van der Waals surface area (Å²) in [6.45, 7) is -0.196. The maximum absolute atomic E-state index is 13.0. The van der Waals surface area contributed by atoms with Crippen molar-refractivity contribution in [3.8, 4) is 17.2 Å². The number of phenolic OH excluding ortho intramolecular Hbond substituents is 1. The van der Waals surface area contributed by atoms with Crippen molar-refractivity contribution in [3.63, 3.8) is 0 Å². The molecule has 0 aromatic heterocycles. The highest BCUT2D eigenvalue weighted by Crippen LogP contribution is 2.50. The monoisotopic (exact) mass is 473 g/mol. The van der Waals surface area contributed by atoms with Gasteiger partial charge in [0.05, 0.1) is 22.6 Å². The van der Waals surface area contributed by atoms with E-state index >= 15 is 0 Å². The lowest BCUT2D eigenvalue weighted by Gasteiger charge is -2.49. The molecule has 0 radical (unpaired) electrons. The van der Waals surface area contributed by atoms with Gasteiger partial charge in [0, 0.05) is 23.6 Å². The zero-order valence-corrected chi connectivity index (χ0v) is 17.2. The van der Waals surface area contributed by atoms with Crippen LogP contribution in [0.5, 0.6) is 17.2 Å². The fourth-order valence-corrected chi connectivity index (χ4v) is 4.78. The molecule has 6 atom stereocenters. The van der Waals surface area contributed by atoms with Crippen LogP contribution in [0.4, 0.5) is 5.69 Å². The number of rotatable bonds is 3. The molecule has 0 unspecified atom stereocenters. The highest BCUT2D eigenvalue weighted by molar-refractivity contribution is 6.02. The van der Waals surface area contributed by atoms with E-state index in [0.717, 1.165) is 6.07 Å². The van der Waals surface area contributed by atoms with Gasteiger partial charge in [0.2, 0.25) is 12.5 Å². The molecule has 1 fully saturated rings. The molecule has 13 heteroatoms. The number of fused-ring (bicyclic) bond motifs is 4. The lowest BCUT2D eigenvalue weighted by atomic mass is 9.68. The van der Waals surface area contributed by atoms with Crippen molar-refractivity contribution < 1.29 is 44.4 Å². The molecule has 0 spiro atoms. The van der Waals surface area contributed by atoms with Crippen molar-refractivity contribution in [2.75, 3.05) is 6.79 Å². The lowest BCUT2D eigenvalue weighted by molar-refractivity contribution is -0.384. The van der Waals surface area contributed by atoms with Gasteiger partial charge in [-0.25, -0.2) is 0 Å². The predicted octanol–water partition coefficient (Wildman–Crippen LogP) is -0.880. The Morgan fingerprint density at radius 3 is 2.65 bits per heavy atom. The number of hydrogen-bond acceptors (Lipinski definition) is 10. The Morgan fingerprint density at radius 1 is 1.15 bits per heavy atom. The molecule has 6 N–H and O–H groups in total. The number of carbonyl (C=O) groups excluding carboxylic acids is 2. The minimum Gasteiger partial charge on any atom is -0.504 e. The number of amides is 2. The van der Waals surface area contributed by atoms with Crippen LogP contribution in [0.1, 0.15) is 32.2 Å². The van der Waals surface area contributed by atoms with Crippen molar-refractivity contribution in [2.24, 2.45) is 0 Å². The number of nitro benzene ring substituents is 1. The SMILES string of the molecule is O=C(N[C@H]1[C@H](O)[C@@H](O)[C@@H](O)[C@@H]2NC(=O)c3c(cc4c(c3O)OCO4)[C@@H]12)c1cccc([N+](=O)[O-])c1. The summed E-state index contributed by atoms with van der Waals surface area (Å²) in [5.41, 5.74) is -0.425. The number of ether oxygens (including phenoxy) is 2. The Bertz CT molecular complexity index is 1220. The highest BCUT2D eigenvalue weighted by atomic mass is 16.7. The number of nitro groups is 1. The summed E-state index contributed by atoms with van der Waals surface area (Å²) >= 11 is 0. The topological polar surface area (TPSA) is 201 Å². The molecule has 2 aromatic rings. The number of hydrogen-bond donors (Lipinski definition) is 6. The zero-order valence-electron chi connectivity index (χ0n) is 17.2. The Hall–Kier alpha value is -3.94. The average molecular weight is 473 g/mol. The smallest absolute Gasteiger partial charge is 0.270 e. The number of aliphatic hydroxyl groups excluding tert-OH is 3. The van der Waals surface area contributed by atoms with E-state index in [4.69, 9.17) is 9.47 Å². The number of aliphatic hydroxyl groups is 3. The molecule has 2 heterocycles. The molecule has 2 aromatic carbocycles. The van der Waals surface area contributed by atoms with Gasteiger partial charge in [0.15, 0.2) is 11.5 Å². The van der Waals surface area contributed by atoms with E-state index in [9.17, 15) is 40.1 Å². The van der Waals surface area contributed by atoms with Crippen molar-refractivity contribution in [1.29, 1.82) is 0 Å². The minimum absolute atomic E-state index is 0.0403. The van der Waals surface area contributed by atoms with Crippen molar-refractivity contribution >= 4 is 17.5 Å². The van der Waals surface area contributed by atoms with E-state index in [1.165, 1.54) is 24.3 Å². The van der Waals surface area contributed by atoms with Crippen LogP contribution in [0, 0.1) is 10.1 Å². The Morgan fingerprint density at radius 2 is 1.91 bits per heavy atom. The Kier molecular flexibility index (Phi) is 5.04. The first-order valence-electron chi connectivity index (χ1n) is 10.2. The molecule has 1 saturated carbocycles. The van der Waals surface area contributed by atoms with Gasteiger partial charge in [-0.2, -0.15) is 0 Å². The normalized spacial score (nSPS) is 29.0. The molecule has 34 heavy (non-hydrogen) atoms. The second kappa shape index (κ2) is 7.83. The standard InChI is InChI=1S/C21H19N3O10/c25-15-12-9(5-10-19(15)34-6-33-10)11-13(16(26)18(28)17(27)14(11)23-21(12)30)22-20(29)7-2-1-3-8(4-7)24(31)32/h1-5,11,13-14,16-18,25-28H,6H2,(H,22,29)(H,23,30)/t11-,13+,14+,16-,17-,18+/m0/s1. The second-order valence-electron chi connectivity index (χ2n) is 8.23. The molecule has 5 rings (SSSR count). The van der Waals surface area contributed by atoms with E-state index in [1.54, 1.807) is 0 Å². The second-order valence-corrected chi connectivity index (χ2v) is 8.23. The third-order valence-corrected chi connectivity index (χ3v) is 6.38. The third-order valence-electron chi connectivity index (χ3n) is 6.38. The zero-order chi connectivity index (χ0) is 24.3. The van der Waals surface area contributed by atoms with Crippen molar-refractivity contribution in [3.05, 3.63) is 57.1 Å². The van der Waals surface area contributed by atoms with E-state index in [0.29, 0.717) is 0 Å². The number of benzene rings is 2. The van der Waals surface area contributed by atoms with Crippen LogP contribution in [-0.2, 0) is 0 Å². The fourth-order valence-electron chi connectivity index (χ4n) is 4.78. The maximum Gasteiger partial charge on any atom is 0.270 e. The van der Waals surface area contributed by atoms with Gasteiger partial charge in [0.25, 0.3) is 17.5 Å². The summed E-state index contributed by atoms with van der Waals surface area (Å²) in [4.78, 5) is 36.1. The van der Waals surface area contributed by atoms with Gasteiger partial charge in [-0.1, -0.05) is 6.07 Å². The van der Waals surface area contributed by atoms with Gasteiger partial charge in [0.1, 0.15) is 18.3 Å². The van der Waals surface area contributed by atoms with Crippen LogP contribution >= 0.6 is 0 Å². The summed E-state index contributed by atoms with van der Waals surface area (Å²) < 4.78 is 10.5. The number of non-ortho nitro benzene ring substituents is 1. The van der Waals surface area contributed by atoms with Gasteiger partial charge in [-0.3, -0.25) is 19.7 Å². The van der Waals surface area contributed by atoms with E-state index in [2.05, 4.69) is 10.6 Å². The van der Waals surface area contributed by atoms with Crippen molar-refractivity contribution in [1.82, 2.24) is 10.6 Å². The Labute approximate surface area is 190 Å². The molecule has 13 nitrogen and oxygen atoms in total. The largest absolute Gasteiger partial charge is 0.504 e.